The molecule has 4 rings (SSSR count). The first-order chi connectivity index (χ1) is 15.6. The summed E-state index contributed by atoms with van der Waals surface area (Å²) < 4.78 is 6.08. The maximum absolute atomic E-state index is 11.8. The van der Waals surface area contributed by atoms with Crippen LogP contribution in [0.2, 0.25) is 0 Å². The van der Waals surface area contributed by atoms with Crippen LogP contribution in [-0.2, 0) is 4.74 Å². The van der Waals surface area contributed by atoms with Crippen molar-refractivity contribution in [3.8, 4) is 0 Å². The molecule has 0 heterocycles. The summed E-state index contributed by atoms with van der Waals surface area (Å²) in [6, 6.07) is 0. The van der Waals surface area contributed by atoms with Gasteiger partial charge in [-0.25, -0.2) is 0 Å². The van der Waals surface area contributed by atoms with Crippen LogP contribution in [-0.4, -0.2) is 46.3 Å². The molecule has 0 spiro atoms. The Morgan fingerprint density at radius 1 is 0.912 bits per heavy atom. The molecule has 0 radical (unpaired) electrons. The van der Waals surface area contributed by atoms with Crippen molar-refractivity contribution in [3.63, 3.8) is 0 Å². The normalized spacial score (nSPS) is 49.1. The van der Waals surface area contributed by atoms with Crippen molar-refractivity contribution in [2.75, 3.05) is 7.11 Å². The van der Waals surface area contributed by atoms with Crippen molar-refractivity contribution < 1.29 is 20.1 Å². The molecule has 0 aromatic heterocycles. The molecule has 4 fully saturated rings. The van der Waals surface area contributed by atoms with Gasteiger partial charge >= 0.3 is 0 Å². The standard InChI is InChI=1S/C30H54O4/c1-26(2,33)14-9-10-21(34-8)19-11-16-30(7)25(19)20(31)18-23-28(5)15-13-24(32)27(3,4)22(28)12-17-29(23,30)6/h19-25,31-33H,9-18H2,1-8H3. The number of methoxy groups -OCH3 is 1. The van der Waals surface area contributed by atoms with Gasteiger partial charge in [-0.15, -0.1) is 0 Å². The van der Waals surface area contributed by atoms with E-state index in [1.165, 1.54) is 19.3 Å². The molecule has 4 heteroatoms. The molecule has 0 amide bonds. The fraction of sp³-hybridized carbons (Fsp3) is 1.00. The third-order valence-corrected chi connectivity index (χ3v) is 12.5. The van der Waals surface area contributed by atoms with E-state index in [-0.39, 0.29) is 45.9 Å². The number of aliphatic hydroxyl groups excluding tert-OH is 2. The zero-order valence-corrected chi connectivity index (χ0v) is 23.4. The zero-order valence-electron chi connectivity index (χ0n) is 23.4. The van der Waals surface area contributed by atoms with Crippen LogP contribution in [0.25, 0.3) is 0 Å². The molecule has 0 bridgehead atoms. The van der Waals surface area contributed by atoms with Crippen molar-refractivity contribution in [2.24, 2.45) is 45.3 Å². The molecule has 0 aromatic rings. The average molecular weight is 479 g/mol. The molecule has 10 atom stereocenters. The van der Waals surface area contributed by atoms with E-state index in [0.29, 0.717) is 17.8 Å². The van der Waals surface area contributed by atoms with E-state index in [4.69, 9.17) is 4.74 Å². The summed E-state index contributed by atoms with van der Waals surface area (Å²) in [4.78, 5) is 0. The minimum Gasteiger partial charge on any atom is -0.393 e. The lowest BCUT2D eigenvalue weighted by molar-refractivity contribution is -0.244. The predicted octanol–water partition coefficient (Wildman–Crippen LogP) is 5.96. The zero-order chi connectivity index (χ0) is 25.3. The molecular weight excluding hydrogens is 424 g/mol. The second-order valence-corrected chi connectivity index (χ2v) is 14.9. The topological polar surface area (TPSA) is 69.9 Å². The van der Waals surface area contributed by atoms with Crippen LogP contribution in [0.4, 0.5) is 0 Å². The Hall–Kier alpha value is -0.160. The van der Waals surface area contributed by atoms with Gasteiger partial charge in [-0.2, -0.15) is 0 Å². The van der Waals surface area contributed by atoms with Gasteiger partial charge in [0.1, 0.15) is 0 Å². The van der Waals surface area contributed by atoms with E-state index in [1.54, 1.807) is 0 Å². The highest BCUT2D eigenvalue weighted by molar-refractivity contribution is 5.19. The van der Waals surface area contributed by atoms with Gasteiger partial charge in [0.15, 0.2) is 0 Å². The summed E-state index contributed by atoms with van der Waals surface area (Å²) >= 11 is 0. The third-order valence-electron chi connectivity index (χ3n) is 12.5. The Morgan fingerprint density at radius 2 is 1.56 bits per heavy atom. The Morgan fingerprint density at radius 3 is 2.18 bits per heavy atom. The molecule has 0 aromatic carbocycles. The SMILES string of the molecule is COC(CCCC(C)(C)O)C1CCC2(C)C1C(O)CC1C3(C)CCC(O)C(C)(C)C3CCC12C. The van der Waals surface area contributed by atoms with Gasteiger partial charge in [-0.1, -0.05) is 34.6 Å². The largest absolute Gasteiger partial charge is 0.393 e. The van der Waals surface area contributed by atoms with E-state index in [2.05, 4.69) is 34.6 Å². The van der Waals surface area contributed by atoms with Gasteiger partial charge in [0.05, 0.1) is 23.9 Å². The third kappa shape index (κ3) is 3.92. The quantitative estimate of drug-likeness (QED) is 0.440. The summed E-state index contributed by atoms with van der Waals surface area (Å²) in [5, 5.41) is 32.9. The smallest absolute Gasteiger partial charge is 0.0603 e. The molecule has 0 saturated heterocycles. The van der Waals surface area contributed by atoms with Gasteiger partial charge in [0.25, 0.3) is 0 Å². The lowest BCUT2D eigenvalue weighted by Crippen LogP contribution is -2.66. The van der Waals surface area contributed by atoms with Crippen molar-refractivity contribution >= 4 is 0 Å². The maximum Gasteiger partial charge on any atom is 0.0603 e. The van der Waals surface area contributed by atoms with Crippen LogP contribution in [0.1, 0.15) is 113 Å². The minimum absolute atomic E-state index is 0.0587. The lowest BCUT2D eigenvalue weighted by atomic mass is 9.35. The molecule has 4 aliphatic rings. The maximum atomic E-state index is 11.8. The first-order valence-electron chi connectivity index (χ1n) is 14.2. The van der Waals surface area contributed by atoms with Crippen LogP contribution in [0, 0.1) is 45.3 Å². The van der Waals surface area contributed by atoms with Crippen LogP contribution in [0.5, 0.6) is 0 Å². The number of rotatable bonds is 6. The Kier molecular flexibility index (Phi) is 6.89. The number of aliphatic hydroxyl groups is 3. The van der Waals surface area contributed by atoms with Crippen molar-refractivity contribution in [1.82, 2.24) is 0 Å². The summed E-state index contributed by atoms with van der Waals surface area (Å²) in [5.74, 6) is 1.68. The van der Waals surface area contributed by atoms with Gasteiger partial charge in [0.2, 0.25) is 0 Å². The average Bonchev–Trinajstić information content (AvgIpc) is 3.09. The van der Waals surface area contributed by atoms with Gasteiger partial charge in [0, 0.05) is 7.11 Å². The molecular formula is C30H54O4. The molecule has 34 heavy (non-hydrogen) atoms. The lowest BCUT2D eigenvalue weighted by Gasteiger charge is -2.70. The highest BCUT2D eigenvalue weighted by Gasteiger charge is 2.70. The fourth-order valence-corrected chi connectivity index (χ4v) is 10.5. The Labute approximate surface area is 209 Å². The first-order valence-corrected chi connectivity index (χ1v) is 14.2. The van der Waals surface area contributed by atoms with Gasteiger partial charge < -0.3 is 20.1 Å². The highest BCUT2D eigenvalue weighted by atomic mass is 16.5. The summed E-state index contributed by atoms with van der Waals surface area (Å²) in [7, 11) is 1.84. The van der Waals surface area contributed by atoms with E-state index in [0.717, 1.165) is 44.9 Å². The highest BCUT2D eigenvalue weighted by Crippen LogP contribution is 2.75. The number of fused-ring (bicyclic) bond motifs is 5. The van der Waals surface area contributed by atoms with Gasteiger partial charge in [-0.05, 0) is 123 Å². The van der Waals surface area contributed by atoms with Crippen molar-refractivity contribution in [1.29, 1.82) is 0 Å². The van der Waals surface area contributed by atoms with E-state index in [1.807, 2.05) is 21.0 Å². The van der Waals surface area contributed by atoms with Gasteiger partial charge in [-0.3, -0.25) is 0 Å². The van der Waals surface area contributed by atoms with Crippen LogP contribution in [0.3, 0.4) is 0 Å². The van der Waals surface area contributed by atoms with Crippen LogP contribution in [0.15, 0.2) is 0 Å². The number of hydrogen-bond donors (Lipinski definition) is 3. The molecule has 10 unspecified atom stereocenters. The second-order valence-electron chi connectivity index (χ2n) is 14.9. The van der Waals surface area contributed by atoms with E-state index in [9.17, 15) is 15.3 Å². The molecule has 4 aliphatic carbocycles. The van der Waals surface area contributed by atoms with E-state index < -0.39 is 5.60 Å². The molecule has 0 aliphatic heterocycles. The molecule has 4 nitrogen and oxygen atoms in total. The Bertz CT molecular complexity index is 743. The monoisotopic (exact) mass is 478 g/mol. The van der Waals surface area contributed by atoms with Crippen molar-refractivity contribution in [3.05, 3.63) is 0 Å². The van der Waals surface area contributed by atoms with Crippen LogP contribution < -0.4 is 0 Å². The fourth-order valence-electron chi connectivity index (χ4n) is 10.5. The molecule has 3 N–H and O–H groups in total. The Balaban J connectivity index is 1.61. The summed E-state index contributed by atoms with van der Waals surface area (Å²) in [6.45, 7) is 15.9. The number of hydrogen-bond acceptors (Lipinski definition) is 4. The minimum atomic E-state index is -0.636. The van der Waals surface area contributed by atoms with E-state index >= 15 is 0 Å². The summed E-state index contributed by atoms with van der Waals surface area (Å²) in [5.41, 5.74) is -0.197. The second kappa shape index (κ2) is 8.71. The predicted molar refractivity (Wildman–Crippen MR) is 137 cm³/mol. The van der Waals surface area contributed by atoms with Crippen LogP contribution >= 0.6 is 0 Å². The summed E-state index contributed by atoms with van der Waals surface area (Å²) in [6.07, 6.45) is 9.91. The molecule has 4 saturated carbocycles. The number of ether oxygens (including phenoxy) is 1. The van der Waals surface area contributed by atoms with Crippen molar-refractivity contribution in [2.45, 2.75) is 137 Å². The molecule has 198 valence electrons. The first kappa shape index (κ1) is 26.9.